The first kappa shape index (κ1) is 16.8. The van der Waals surface area contributed by atoms with Crippen molar-refractivity contribution in [1.29, 1.82) is 0 Å². The van der Waals surface area contributed by atoms with Gasteiger partial charge in [-0.2, -0.15) is 0 Å². The van der Waals surface area contributed by atoms with Gasteiger partial charge in [0.25, 0.3) is 0 Å². The molecule has 0 fully saturated rings. The van der Waals surface area contributed by atoms with Crippen molar-refractivity contribution in [1.82, 2.24) is 0 Å². The van der Waals surface area contributed by atoms with Gasteiger partial charge in [0.15, 0.2) is 5.34 Å². The molecule has 2 aromatic rings. The van der Waals surface area contributed by atoms with Gasteiger partial charge in [0, 0.05) is 12.7 Å². The third-order valence-electron chi connectivity index (χ3n) is 3.29. The van der Waals surface area contributed by atoms with E-state index in [0.717, 1.165) is 0 Å². The van der Waals surface area contributed by atoms with Crippen LogP contribution in [0.1, 0.15) is 11.1 Å². The summed E-state index contributed by atoms with van der Waals surface area (Å²) in [5.74, 6) is 2.50. The van der Waals surface area contributed by atoms with Crippen LogP contribution < -0.4 is 0 Å². The summed E-state index contributed by atoms with van der Waals surface area (Å²) in [5.41, 5.74) is 3.70. The van der Waals surface area contributed by atoms with E-state index in [4.69, 9.17) is 16.1 Å². The minimum Gasteiger partial charge on any atom is -0.373 e. The fourth-order valence-electron chi connectivity index (χ4n) is 1.98. The van der Waals surface area contributed by atoms with Crippen LogP contribution in [-0.2, 0) is 14.4 Å². The molecule has 3 nitrogen and oxygen atoms in total. The zero-order chi connectivity index (χ0) is 16.1. The van der Waals surface area contributed by atoms with Gasteiger partial charge in [-0.05, 0) is 23.4 Å². The van der Waals surface area contributed by atoms with E-state index in [1.165, 1.54) is 7.11 Å². The number of halogens is 1. The van der Waals surface area contributed by atoms with Crippen LogP contribution in [-0.4, -0.2) is 18.1 Å². The third kappa shape index (κ3) is 3.27. The van der Waals surface area contributed by atoms with Gasteiger partial charge in [0.05, 0.1) is 5.88 Å². The minimum absolute atomic E-state index is 0.286. The van der Waals surface area contributed by atoms with E-state index < -0.39 is 12.7 Å². The molecule has 22 heavy (non-hydrogen) atoms. The summed E-state index contributed by atoms with van der Waals surface area (Å²) in [6, 6.07) is 17.7. The van der Waals surface area contributed by atoms with E-state index in [9.17, 15) is 9.67 Å². The fraction of sp³-hybridized carbons (Fsp3) is 0.176. The maximum atomic E-state index is 13.1. The number of alkyl halides is 1. The summed E-state index contributed by atoms with van der Waals surface area (Å²) in [6.07, 6.45) is 0. The molecular weight excluding hydrogens is 319 g/mol. The topological polar surface area (TPSA) is 46.5 Å². The van der Waals surface area contributed by atoms with Crippen LogP contribution in [0, 0.1) is 11.6 Å². The van der Waals surface area contributed by atoms with Gasteiger partial charge in [-0.15, -0.1) is 11.6 Å². The van der Waals surface area contributed by atoms with Crippen molar-refractivity contribution in [2.24, 2.45) is 0 Å². The fourth-order valence-corrected chi connectivity index (χ4v) is 4.11. The highest BCUT2D eigenvalue weighted by Gasteiger charge is 2.47. The van der Waals surface area contributed by atoms with E-state index in [1.807, 2.05) is 18.2 Å². The number of hydrogen-bond acceptors (Lipinski definition) is 3. The standard InChI is InChI=1S/C17H16ClO3P/c1-21-22(20,13-12-15-8-4-2-5-9-15)17(19,14-18)16-10-6-3-7-11-16/h2-11,19H,14H2,1H3/t17-,22-/m1/s1. The van der Waals surface area contributed by atoms with Gasteiger partial charge in [-0.3, -0.25) is 4.57 Å². The van der Waals surface area contributed by atoms with Crippen molar-refractivity contribution in [2.45, 2.75) is 5.34 Å². The number of rotatable bonds is 4. The molecule has 0 saturated heterocycles. The van der Waals surface area contributed by atoms with Crippen LogP contribution in [0.25, 0.3) is 0 Å². The highest BCUT2D eigenvalue weighted by Crippen LogP contribution is 2.62. The molecule has 2 aromatic carbocycles. The van der Waals surface area contributed by atoms with Crippen LogP contribution >= 0.6 is 19.0 Å². The predicted octanol–water partition coefficient (Wildman–Crippen LogP) is 4.00. The van der Waals surface area contributed by atoms with Gasteiger partial charge >= 0.3 is 7.37 Å². The Labute approximate surface area is 135 Å². The zero-order valence-electron chi connectivity index (χ0n) is 12.1. The lowest BCUT2D eigenvalue weighted by atomic mass is 10.1. The first-order valence-electron chi connectivity index (χ1n) is 6.64. The smallest absolute Gasteiger partial charge is 0.310 e. The van der Waals surface area contributed by atoms with Gasteiger partial charge < -0.3 is 9.63 Å². The monoisotopic (exact) mass is 334 g/mol. The van der Waals surface area contributed by atoms with Crippen LogP contribution in [0.3, 0.4) is 0 Å². The molecular formula is C17H16ClO3P. The highest BCUT2D eigenvalue weighted by atomic mass is 35.5. The Hall–Kier alpha value is -1.56. The van der Waals surface area contributed by atoms with Gasteiger partial charge in [0.2, 0.25) is 0 Å². The molecule has 0 heterocycles. The molecule has 2 atom stereocenters. The van der Waals surface area contributed by atoms with Crippen molar-refractivity contribution in [3.63, 3.8) is 0 Å². The SMILES string of the molecule is CO[P@](=O)(C#Cc1ccccc1)[C@](O)(CCl)c1ccccc1. The molecule has 0 aliphatic rings. The lowest BCUT2D eigenvalue weighted by Gasteiger charge is -2.30. The second kappa shape index (κ2) is 7.13. The second-order valence-corrected chi connectivity index (χ2v) is 7.35. The second-order valence-electron chi connectivity index (χ2n) is 4.65. The molecule has 0 aromatic heterocycles. The Balaban J connectivity index is 2.48. The largest absolute Gasteiger partial charge is 0.373 e. The maximum Gasteiger partial charge on any atom is 0.310 e. The zero-order valence-corrected chi connectivity index (χ0v) is 13.7. The van der Waals surface area contributed by atoms with E-state index in [-0.39, 0.29) is 5.88 Å². The molecule has 0 amide bonds. The summed E-state index contributed by atoms with van der Waals surface area (Å²) in [6.45, 7) is 0. The average Bonchev–Trinajstić information content (AvgIpc) is 2.60. The van der Waals surface area contributed by atoms with Crippen LogP contribution in [0.5, 0.6) is 0 Å². The normalized spacial score (nSPS) is 16.0. The summed E-state index contributed by atoms with van der Waals surface area (Å²) in [7, 11) is -2.48. The molecule has 0 aliphatic carbocycles. The van der Waals surface area contributed by atoms with Crippen molar-refractivity contribution < 1.29 is 14.2 Å². The Kier molecular flexibility index (Phi) is 5.45. The van der Waals surface area contributed by atoms with E-state index >= 15 is 0 Å². The Morgan fingerprint density at radius 3 is 2.18 bits per heavy atom. The number of hydrogen-bond donors (Lipinski definition) is 1. The first-order chi connectivity index (χ1) is 10.6. The average molecular weight is 335 g/mol. The van der Waals surface area contributed by atoms with E-state index in [0.29, 0.717) is 11.1 Å². The van der Waals surface area contributed by atoms with Crippen molar-refractivity contribution in [3.8, 4) is 11.6 Å². The molecule has 0 saturated carbocycles. The van der Waals surface area contributed by atoms with E-state index in [1.54, 1.807) is 42.5 Å². The lowest BCUT2D eigenvalue weighted by Crippen LogP contribution is -2.28. The maximum absolute atomic E-state index is 13.1. The molecule has 0 aliphatic heterocycles. The molecule has 5 heteroatoms. The molecule has 0 spiro atoms. The van der Waals surface area contributed by atoms with Crippen molar-refractivity contribution in [3.05, 3.63) is 71.8 Å². The highest BCUT2D eigenvalue weighted by molar-refractivity contribution is 7.65. The van der Waals surface area contributed by atoms with Crippen molar-refractivity contribution in [2.75, 3.05) is 13.0 Å². The van der Waals surface area contributed by atoms with E-state index in [2.05, 4.69) is 11.6 Å². The molecule has 1 N–H and O–H groups in total. The molecule has 0 radical (unpaired) electrons. The lowest BCUT2D eigenvalue weighted by molar-refractivity contribution is 0.130. The summed E-state index contributed by atoms with van der Waals surface area (Å²) in [4.78, 5) is 0. The molecule has 0 unspecified atom stereocenters. The summed E-state index contributed by atoms with van der Waals surface area (Å²) >= 11 is 5.92. The Morgan fingerprint density at radius 2 is 1.68 bits per heavy atom. The number of aliphatic hydroxyl groups is 1. The van der Waals surface area contributed by atoms with Crippen LogP contribution in [0.4, 0.5) is 0 Å². The third-order valence-corrected chi connectivity index (χ3v) is 6.17. The van der Waals surface area contributed by atoms with Gasteiger partial charge in [0.1, 0.15) is 0 Å². The quantitative estimate of drug-likeness (QED) is 0.522. The molecule has 2 rings (SSSR count). The van der Waals surface area contributed by atoms with Crippen LogP contribution in [0.2, 0.25) is 0 Å². The number of benzene rings is 2. The van der Waals surface area contributed by atoms with Crippen LogP contribution in [0.15, 0.2) is 60.7 Å². The Bertz CT molecular complexity index is 722. The van der Waals surface area contributed by atoms with Gasteiger partial charge in [-0.25, -0.2) is 0 Å². The minimum atomic E-state index is -3.75. The van der Waals surface area contributed by atoms with Crippen molar-refractivity contribution >= 4 is 19.0 Å². The molecule has 0 bridgehead atoms. The Morgan fingerprint density at radius 1 is 1.14 bits per heavy atom. The van der Waals surface area contributed by atoms with Gasteiger partial charge in [-0.1, -0.05) is 54.5 Å². The first-order valence-corrected chi connectivity index (χ1v) is 8.80. The summed E-state index contributed by atoms with van der Waals surface area (Å²) in [5, 5.41) is 9.01. The predicted molar refractivity (Wildman–Crippen MR) is 89.0 cm³/mol. The summed E-state index contributed by atoms with van der Waals surface area (Å²) < 4.78 is 18.2. The molecule has 114 valence electrons.